The van der Waals surface area contributed by atoms with Gasteiger partial charge in [-0.1, -0.05) is 105 Å². The largest absolute Gasteiger partial charge is 0.481 e. The van der Waals surface area contributed by atoms with Crippen molar-refractivity contribution in [1.82, 2.24) is 68.5 Å². The molecule has 0 radical (unpaired) electrons. The van der Waals surface area contributed by atoms with E-state index in [-0.39, 0.29) is 94.9 Å². The van der Waals surface area contributed by atoms with Crippen LogP contribution in [0, 0.1) is 23.7 Å². The predicted molar refractivity (Wildman–Crippen MR) is 369 cm³/mol. The molecule has 12 amide bonds. The van der Waals surface area contributed by atoms with Crippen molar-refractivity contribution in [2.45, 2.75) is 224 Å². The van der Waals surface area contributed by atoms with E-state index in [4.69, 9.17) is 17.2 Å². The second-order valence-electron chi connectivity index (χ2n) is 26.0. The zero-order chi connectivity index (χ0) is 74.3. The average molecular weight is 1420 g/mol. The molecule has 1 aromatic heterocycles. The van der Waals surface area contributed by atoms with Crippen LogP contribution in [0.1, 0.15) is 150 Å². The van der Waals surface area contributed by atoms with E-state index >= 15 is 0 Å². The summed E-state index contributed by atoms with van der Waals surface area (Å²) in [5.74, 6) is -15.4. The third-order valence-electron chi connectivity index (χ3n) is 17.5. The Morgan fingerprint density at radius 2 is 1.26 bits per heavy atom. The number of benzene rings is 1. The fraction of sp³-hybridized carbons (Fsp3) is 0.636. The van der Waals surface area contributed by atoms with Gasteiger partial charge in [-0.25, -0.2) is 4.98 Å². The molecule has 1 saturated heterocycles. The Hall–Kier alpha value is -9.05. The number of hydrogen-bond donors (Lipinski definition) is 17. The molecule has 33 nitrogen and oxygen atoms in total. The van der Waals surface area contributed by atoms with Crippen molar-refractivity contribution < 1.29 is 77.3 Å². The molecule has 34 heteroatoms. The van der Waals surface area contributed by atoms with E-state index in [0.29, 0.717) is 16.3 Å². The zero-order valence-corrected chi connectivity index (χ0v) is 59.0. The fourth-order valence-corrected chi connectivity index (χ4v) is 12.0. The van der Waals surface area contributed by atoms with Gasteiger partial charge in [0.05, 0.1) is 30.3 Å². The van der Waals surface area contributed by atoms with Crippen molar-refractivity contribution >= 4 is 99.6 Å². The summed E-state index contributed by atoms with van der Waals surface area (Å²) >= 11 is 1.35. The molecule has 2 aromatic rings. The lowest BCUT2D eigenvalue weighted by atomic mass is 9.96. The van der Waals surface area contributed by atoms with Crippen molar-refractivity contribution in [3.8, 4) is 0 Å². The first-order valence-corrected chi connectivity index (χ1v) is 35.1. The Labute approximate surface area is 586 Å². The second kappa shape index (κ2) is 42.1. The minimum absolute atomic E-state index is 0.00117. The minimum atomic E-state index is -1.94. The second-order valence-corrected chi connectivity index (χ2v) is 27.0. The van der Waals surface area contributed by atoms with E-state index in [1.807, 2.05) is 27.7 Å². The number of rotatable bonds is 31. The number of aromatic amines is 1. The summed E-state index contributed by atoms with van der Waals surface area (Å²) in [5.41, 5.74) is 18.7. The molecular weight excluding hydrogens is 1320 g/mol. The molecule has 0 saturated carbocycles. The van der Waals surface area contributed by atoms with Crippen molar-refractivity contribution in [3.05, 3.63) is 54.1 Å². The lowest BCUT2D eigenvalue weighted by Crippen LogP contribution is -2.62. The molecule has 0 unspecified atom stereocenters. The van der Waals surface area contributed by atoms with E-state index in [9.17, 15) is 77.3 Å². The Kier molecular flexibility index (Phi) is 35.1. The van der Waals surface area contributed by atoms with E-state index in [1.54, 1.807) is 58.0 Å². The highest BCUT2D eigenvalue weighted by atomic mass is 32.2. The number of nitrogens with one attached hydrogen (secondary N) is 12. The van der Waals surface area contributed by atoms with Crippen LogP contribution < -0.4 is 75.7 Å². The number of carbonyl (C=O) groups excluding carboxylic acids is 12. The van der Waals surface area contributed by atoms with Gasteiger partial charge in [0.2, 0.25) is 70.9 Å². The van der Waals surface area contributed by atoms with Gasteiger partial charge < -0.3 is 90.9 Å². The molecule has 0 aliphatic carbocycles. The number of amides is 12. The van der Waals surface area contributed by atoms with Crippen molar-refractivity contribution in [2.24, 2.45) is 45.9 Å². The summed E-state index contributed by atoms with van der Waals surface area (Å²) in [7, 11) is 0. The van der Waals surface area contributed by atoms with Gasteiger partial charge in [-0.05, 0) is 80.7 Å². The van der Waals surface area contributed by atoms with E-state index < -0.39 is 193 Å². The molecule has 0 spiro atoms. The summed E-state index contributed by atoms with van der Waals surface area (Å²) in [5, 5.41) is 49.1. The SMILES string of the molecule is CC[C@@H](C)[C@H](NC(=O)[C@@H](CCC(=O)O)NC(=O)[C@H](CC(C)C)NC(=O)[C@H]1CSC([C@@H](N)[C@@H](C)CC)=N1)C(=O)N[C@H]1CCCCNC(=O)[C@H](CC(N)=O)NC(=O)[C@@H](CC(=O)O)NC(=O)[C@H](Cc2cnc[nH]2)NC(=O)[C@@H](Cc2ccccc2)NC(=O)[C@H]([C@H](C)CC)NC(=O)[C@@H](CCCN)NC1=O. The first-order chi connectivity index (χ1) is 47.4. The molecule has 20 N–H and O–H groups in total. The number of H-pyrrole nitrogens is 1. The maximum absolute atomic E-state index is 14.9. The first kappa shape index (κ1) is 83.4. The number of carbonyl (C=O) groups is 14. The maximum Gasteiger partial charge on any atom is 0.305 e. The van der Waals surface area contributed by atoms with Gasteiger partial charge in [0.15, 0.2) is 0 Å². The lowest BCUT2D eigenvalue weighted by Gasteiger charge is -2.30. The van der Waals surface area contributed by atoms with E-state index in [2.05, 4.69) is 73.4 Å². The fourth-order valence-electron chi connectivity index (χ4n) is 10.9. The quantitative estimate of drug-likeness (QED) is 0.0401. The summed E-state index contributed by atoms with van der Waals surface area (Å²) in [4.78, 5) is 207. The summed E-state index contributed by atoms with van der Waals surface area (Å²) in [6, 6.07) is -8.34. The maximum atomic E-state index is 14.9. The van der Waals surface area contributed by atoms with E-state index in [0.717, 1.165) is 6.42 Å². The summed E-state index contributed by atoms with van der Waals surface area (Å²) in [6.45, 7) is 14.1. The number of nitrogens with zero attached hydrogens (tertiary/aromatic N) is 2. The molecule has 1 fully saturated rings. The monoisotopic (exact) mass is 1420 g/mol. The molecule has 554 valence electrons. The number of aliphatic carboxylic acids is 2. The highest BCUT2D eigenvalue weighted by molar-refractivity contribution is 8.14. The number of primary amides is 1. The van der Waals surface area contributed by atoms with Crippen molar-refractivity contribution in [3.63, 3.8) is 0 Å². The van der Waals surface area contributed by atoms with Crippen LogP contribution >= 0.6 is 11.8 Å². The van der Waals surface area contributed by atoms with Gasteiger partial charge in [-0.3, -0.25) is 72.1 Å². The molecule has 15 atom stereocenters. The van der Waals surface area contributed by atoms with Crippen LogP contribution in [0.25, 0.3) is 0 Å². The van der Waals surface area contributed by atoms with Crippen LogP contribution in [0.15, 0.2) is 47.8 Å². The third-order valence-corrected chi connectivity index (χ3v) is 18.6. The van der Waals surface area contributed by atoms with Crippen LogP contribution in [-0.4, -0.2) is 199 Å². The standard InChI is InChI=1S/C66H103N17O16S/c1-9-35(6)52(69)66-81-48(32-100-66)63(97)76-43(26-34(4)5)59(93)74-42(22-23-50(85)86)58(92)83-53(36(7)10-2)64(98)75-40-20-15-16-25-71-55(89)46(29-49(68)84)78-62(96)47(30-51(87)88)79-61(95)45(28-39-31-70-33-72-39)77-60(94)44(27-38-18-13-12-14-19-38)80-65(99)54(37(8)11-3)82-57(91)41(21-17-24-67)73-56(40)90/h12-14,18-19,31,33-37,40-48,52-54H,9-11,15-17,20-30,32,67,69H2,1-8H3,(H2,68,84)(H,70,72)(H,71,89)(H,73,90)(H,74,93)(H,75,98)(H,76,97)(H,77,94)(H,78,96)(H,79,95)(H,80,99)(H,82,91)(H,83,92)(H,85,86)(H,87,88)/t35-,36+,37+,40-,41+,42+,43-,44+,45-,46-,47+,48+,52-,53-,54-/m0/s1. The van der Waals surface area contributed by atoms with E-state index in [1.165, 1.54) is 24.3 Å². The predicted octanol–water partition coefficient (Wildman–Crippen LogP) is -1.68. The highest BCUT2D eigenvalue weighted by Crippen LogP contribution is 2.25. The highest BCUT2D eigenvalue weighted by Gasteiger charge is 2.40. The van der Waals surface area contributed by atoms with Gasteiger partial charge in [0, 0.05) is 43.5 Å². The molecule has 100 heavy (non-hydrogen) atoms. The number of hydrogen-bond acceptors (Lipinski definition) is 19. The number of aliphatic imine (C=N–C) groups is 1. The van der Waals surface area contributed by atoms with Crippen LogP contribution in [0.4, 0.5) is 0 Å². The molecule has 0 bridgehead atoms. The van der Waals surface area contributed by atoms with Crippen LogP contribution in [0.2, 0.25) is 0 Å². The number of imidazole rings is 1. The number of thioether (sulfide) groups is 1. The minimum Gasteiger partial charge on any atom is -0.481 e. The number of carboxylic acid groups (broad SMARTS) is 2. The van der Waals surface area contributed by atoms with Crippen LogP contribution in [0.3, 0.4) is 0 Å². The first-order valence-electron chi connectivity index (χ1n) is 34.1. The number of carboxylic acids is 2. The molecule has 2 aliphatic heterocycles. The Morgan fingerprint density at radius 1 is 0.660 bits per heavy atom. The summed E-state index contributed by atoms with van der Waals surface area (Å²) in [6.07, 6.45) is 0.368. The van der Waals surface area contributed by atoms with Gasteiger partial charge in [-0.2, -0.15) is 0 Å². The molecule has 2 aliphatic rings. The molecule has 3 heterocycles. The van der Waals surface area contributed by atoms with Crippen molar-refractivity contribution in [2.75, 3.05) is 18.8 Å². The normalized spacial score (nSPS) is 23.1. The number of nitrogens with two attached hydrogens (primary N) is 3. The molecule has 4 rings (SSSR count). The smallest absolute Gasteiger partial charge is 0.305 e. The van der Waals surface area contributed by atoms with Gasteiger partial charge in [0.1, 0.15) is 66.5 Å². The van der Waals surface area contributed by atoms with Crippen LogP contribution in [0.5, 0.6) is 0 Å². The van der Waals surface area contributed by atoms with Gasteiger partial charge in [0.25, 0.3) is 0 Å². The topological polar surface area (TPSA) is 531 Å². The Bertz CT molecular complexity index is 3160. The van der Waals surface area contributed by atoms with Gasteiger partial charge >= 0.3 is 11.9 Å². The average Bonchev–Trinajstić information content (AvgIpc) is 1.41. The number of aromatic nitrogens is 2. The van der Waals surface area contributed by atoms with Crippen molar-refractivity contribution in [1.29, 1.82) is 0 Å². The zero-order valence-electron chi connectivity index (χ0n) is 58.2. The van der Waals surface area contributed by atoms with Gasteiger partial charge in [-0.15, -0.1) is 11.8 Å². The van der Waals surface area contributed by atoms with Crippen LogP contribution in [-0.2, 0) is 80.0 Å². The molecular formula is C66H103N17O16S. The molecule has 1 aromatic carbocycles. The summed E-state index contributed by atoms with van der Waals surface area (Å²) < 4.78 is 0. The Balaban J connectivity index is 1.77. The Morgan fingerprint density at radius 3 is 1.85 bits per heavy atom. The third kappa shape index (κ3) is 27.6. The lowest BCUT2D eigenvalue weighted by molar-refractivity contribution is -0.142.